The highest BCUT2D eigenvalue weighted by Gasteiger charge is 2.39. The lowest BCUT2D eigenvalue weighted by Gasteiger charge is -2.32. The number of hydrogen-bond acceptors (Lipinski definition) is 5. The van der Waals surface area contributed by atoms with E-state index in [9.17, 15) is 20.0 Å². The first-order valence-electron chi connectivity index (χ1n) is 9.49. The molecule has 1 aliphatic heterocycles. The number of allylic oxidation sites excluding steroid dienone is 3. The Bertz CT molecular complexity index is 835. The highest BCUT2D eigenvalue weighted by Crippen LogP contribution is 2.21. The summed E-state index contributed by atoms with van der Waals surface area (Å²) < 4.78 is 5.70. The van der Waals surface area contributed by atoms with Gasteiger partial charge >= 0.3 is 0 Å². The second-order valence-electron chi connectivity index (χ2n) is 7.26. The topological polar surface area (TPSA) is 90.3 Å². The Hall–Kier alpha value is -2.90. The van der Waals surface area contributed by atoms with Crippen LogP contribution in [0.25, 0.3) is 6.08 Å². The minimum Gasteiger partial charge on any atom is -0.490 e. The number of hydroxylamine groups is 4. The van der Waals surface area contributed by atoms with Crippen LogP contribution in [0.3, 0.4) is 0 Å². The van der Waals surface area contributed by atoms with Crippen molar-refractivity contribution in [3.05, 3.63) is 58.8 Å². The van der Waals surface area contributed by atoms with Crippen molar-refractivity contribution in [2.75, 3.05) is 6.61 Å². The summed E-state index contributed by atoms with van der Waals surface area (Å²) in [5.41, 5.74) is 2.83. The zero-order chi connectivity index (χ0) is 21.6. The van der Waals surface area contributed by atoms with Gasteiger partial charge in [-0.25, -0.2) is 5.06 Å². The van der Waals surface area contributed by atoms with Crippen LogP contribution < -0.4 is 4.74 Å². The van der Waals surface area contributed by atoms with E-state index in [1.807, 2.05) is 6.08 Å². The standard InChI is InChI=1S/C22H28N2O5/c1-15(2)6-5-7-16(3)12-13-29-19-10-8-18(9-11-19)14-20-22(26)23(27)17(4)21(25)24(20)28/h6,8-12,14,17,27-28H,5,7,13H2,1-4H3/t17-/m0/s1. The van der Waals surface area contributed by atoms with Gasteiger partial charge in [-0.05, 0) is 70.4 Å². The molecule has 7 heteroatoms. The number of ether oxygens (including phenoxy) is 1. The molecule has 1 heterocycles. The van der Waals surface area contributed by atoms with E-state index in [1.165, 1.54) is 24.1 Å². The van der Waals surface area contributed by atoms with E-state index in [2.05, 4.69) is 26.8 Å². The van der Waals surface area contributed by atoms with E-state index in [4.69, 9.17) is 4.74 Å². The van der Waals surface area contributed by atoms with Crippen molar-refractivity contribution in [1.82, 2.24) is 10.1 Å². The van der Waals surface area contributed by atoms with Gasteiger partial charge in [0.15, 0.2) is 0 Å². The largest absolute Gasteiger partial charge is 0.490 e. The molecule has 1 aliphatic rings. The predicted octanol–water partition coefficient (Wildman–Crippen LogP) is 3.94. The van der Waals surface area contributed by atoms with Crippen LogP contribution in [-0.2, 0) is 9.59 Å². The molecule has 0 unspecified atom stereocenters. The summed E-state index contributed by atoms with van der Waals surface area (Å²) >= 11 is 0. The third-order valence-corrected chi connectivity index (χ3v) is 4.54. The van der Waals surface area contributed by atoms with Crippen molar-refractivity contribution in [3.63, 3.8) is 0 Å². The summed E-state index contributed by atoms with van der Waals surface area (Å²) in [5, 5.41) is 20.2. The Balaban J connectivity index is 1.98. The minimum absolute atomic E-state index is 0.271. The highest BCUT2D eigenvalue weighted by atomic mass is 16.5. The molecular weight excluding hydrogens is 372 g/mol. The zero-order valence-corrected chi connectivity index (χ0v) is 17.3. The summed E-state index contributed by atoms with van der Waals surface area (Å²) in [7, 11) is 0. The van der Waals surface area contributed by atoms with Gasteiger partial charge in [0.05, 0.1) is 0 Å². The minimum atomic E-state index is -1.14. The molecule has 7 nitrogen and oxygen atoms in total. The number of piperazine rings is 1. The van der Waals surface area contributed by atoms with Gasteiger partial charge in [0.25, 0.3) is 11.8 Å². The van der Waals surface area contributed by atoms with Gasteiger partial charge in [-0.1, -0.05) is 29.4 Å². The van der Waals surface area contributed by atoms with Crippen LogP contribution in [-0.4, -0.2) is 45.0 Å². The Morgan fingerprint density at radius 1 is 1.10 bits per heavy atom. The third kappa shape index (κ3) is 6.04. The van der Waals surface area contributed by atoms with Crippen molar-refractivity contribution < 1.29 is 24.7 Å². The van der Waals surface area contributed by atoms with Crippen LogP contribution in [0.4, 0.5) is 0 Å². The number of amides is 2. The first-order valence-corrected chi connectivity index (χ1v) is 9.49. The molecule has 29 heavy (non-hydrogen) atoms. The molecule has 2 amide bonds. The summed E-state index contributed by atoms with van der Waals surface area (Å²) in [4.78, 5) is 24.0. The molecule has 1 atom stereocenters. The lowest BCUT2D eigenvalue weighted by molar-refractivity contribution is -0.205. The molecular formula is C22H28N2O5. The zero-order valence-electron chi connectivity index (χ0n) is 17.3. The van der Waals surface area contributed by atoms with Gasteiger partial charge < -0.3 is 4.74 Å². The Kier molecular flexibility index (Phi) is 7.75. The molecule has 2 rings (SSSR count). The van der Waals surface area contributed by atoms with Crippen LogP contribution in [0, 0.1) is 0 Å². The van der Waals surface area contributed by atoms with Gasteiger partial charge in [-0.15, -0.1) is 0 Å². The SMILES string of the molecule is CC(C)=CCCC(C)=CCOc1ccc(C=C2C(=O)N(O)[C@@H](C)C(=O)N2O)cc1. The molecule has 156 valence electrons. The first kappa shape index (κ1) is 22.4. The maximum absolute atomic E-state index is 12.1. The number of carbonyl (C=O) groups is 2. The molecule has 0 spiro atoms. The smallest absolute Gasteiger partial charge is 0.297 e. The number of rotatable bonds is 7. The second-order valence-corrected chi connectivity index (χ2v) is 7.26. The fraction of sp³-hybridized carbons (Fsp3) is 0.364. The van der Waals surface area contributed by atoms with Crippen LogP contribution in [0.5, 0.6) is 5.75 Å². The van der Waals surface area contributed by atoms with E-state index >= 15 is 0 Å². The van der Waals surface area contributed by atoms with Crippen molar-refractivity contribution in [2.24, 2.45) is 0 Å². The molecule has 0 aromatic heterocycles. The monoisotopic (exact) mass is 400 g/mol. The average Bonchev–Trinajstić information content (AvgIpc) is 2.69. The van der Waals surface area contributed by atoms with Gasteiger partial charge in [-0.3, -0.25) is 20.0 Å². The van der Waals surface area contributed by atoms with Crippen molar-refractivity contribution >= 4 is 17.9 Å². The molecule has 0 radical (unpaired) electrons. The van der Waals surface area contributed by atoms with E-state index in [0.717, 1.165) is 12.8 Å². The van der Waals surface area contributed by atoms with Crippen LogP contribution in [0.2, 0.25) is 0 Å². The molecule has 0 saturated carbocycles. The molecule has 1 aromatic carbocycles. The second kappa shape index (κ2) is 10.0. The Labute approximate surface area is 171 Å². The van der Waals surface area contributed by atoms with E-state index in [1.54, 1.807) is 24.3 Å². The molecule has 2 N–H and O–H groups in total. The van der Waals surface area contributed by atoms with Crippen LogP contribution >= 0.6 is 0 Å². The van der Waals surface area contributed by atoms with Crippen LogP contribution in [0.1, 0.15) is 46.1 Å². The number of hydrogen-bond donors (Lipinski definition) is 2. The average molecular weight is 400 g/mol. The fourth-order valence-electron chi connectivity index (χ4n) is 2.70. The molecule has 1 fully saturated rings. The normalized spacial score (nSPS) is 19.0. The van der Waals surface area contributed by atoms with E-state index < -0.39 is 17.9 Å². The van der Waals surface area contributed by atoms with E-state index in [-0.39, 0.29) is 10.8 Å². The van der Waals surface area contributed by atoms with Crippen LogP contribution in [0.15, 0.2) is 53.3 Å². The number of benzene rings is 1. The number of nitrogens with zero attached hydrogens (tertiary/aromatic N) is 2. The third-order valence-electron chi connectivity index (χ3n) is 4.54. The maximum Gasteiger partial charge on any atom is 0.297 e. The van der Waals surface area contributed by atoms with E-state index in [0.29, 0.717) is 23.0 Å². The number of carbonyl (C=O) groups excluding carboxylic acids is 2. The molecule has 1 aromatic rings. The highest BCUT2D eigenvalue weighted by molar-refractivity contribution is 6.05. The Morgan fingerprint density at radius 3 is 2.38 bits per heavy atom. The summed E-state index contributed by atoms with van der Waals surface area (Å²) in [6.45, 7) is 8.02. The van der Waals surface area contributed by atoms with Crippen molar-refractivity contribution in [2.45, 2.75) is 46.6 Å². The lowest BCUT2D eigenvalue weighted by Crippen LogP contribution is -2.54. The summed E-state index contributed by atoms with van der Waals surface area (Å²) in [5.74, 6) is -0.983. The van der Waals surface area contributed by atoms with Gasteiger partial charge in [0, 0.05) is 0 Å². The lowest BCUT2D eigenvalue weighted by atomic mass is 10.1. The molecule has 1 saturated heterocycles. The van der Waals surface area contributed by atoms with Gasteiger partial charge in [0.1, 0.15) is 24.1 Å². The van der Waals surface area contributed by atoms with Crippen molar-refractivity contribution in [3.8, 4) is 5.75 Å². The van der Waals surface area contributed by atoms with Gasteiger partial charge in [0.2, 0.25) is 0 Å². The maximum atomic E-state index is 12.1. The fourth-order valence-corrected chi connectivity index (χ4v) is 2.70. The first-order chi connectivity index (χ1) is 13.7. The summed E-state index contributed by atoms with van der Waals surface area (Å²) in [6, 6.07) is 5.71. The summed E-state index contributed by atoms with van der Waals surface area (Å²) in [6.07, 6.45) is 7.58. The van der Waals surface area contributed by atoms with Crippen molar-refractivity contribution in [1.29, 1.82) is 0 Å². The predicted molar refractivity (Wildman–Crippen MR) is 109 cm³/mol. The Morgan fingerprint density at radius 2 is 1.76 bits per heavy atom. The molecule has 0 aliphatic carbocycles. The van der Waals surface area contributed by atoms with Gasteiger partial charge in [-0.2, -0.15) is 5.06 Å². The quantitative estimate of drug-likeness (QED) is 0.411. The molecule has 0 bridgehead atoms.